The molecular formula is C15H26Cl2N4O. The predicted molar refractivity (Wildman–Crippen MR) is 94.9 cm³/mol. The van der Waals surface area contributed by atoms with E-state index in [2.05, 4.69) is 15.6 Å². The fourth-order valence-corrected chi connectivity index (χ4v) is 2.66. The molecule has 0 bridgehead atoms. The van der Waals surface area contributed by atoms with Crippen molar-refractivity contribution in [3.8, 4) is 0 Å². The standard InChI is InChI=1S/C15H24N4O.2ClH/c1-11-4-2-7-14(19-11)17-8-9-18-15(20)10-12-5-3-6-13(12)16;;/h2,4,7,12-13H,3,5-6,8-10,16H2,1H3,(H,17,19)(H,18,20);2*1H/t12-,13+;;/m0../s1. The average molecular weight is 349 g/mol. The van der Waals surface area contributed by atoms with Crippen molar-refractivity contribution in [2.24, 2.45) is 11.7 Å². The van der Waals surface area contributed by atoms with E-state index in [4.69, 9.17) is 5.73 Å². The number of carbonyl (C=O) groups is 1. The van der Waals surface area contributed by atoms with E-state index in [-0.39, 0.29) is 36.8 Å². The quantitative estimate of drug-likeness (QED) is 0.689. The van der Waals surface area contributed by atoms with Crippen molar-refractivity contribution < 1.29 is 4.79 Å². The van der Waals surface area contributed by atoms with Gasteiger partial charge < -0.3 is 16.4 Å². The molecular weight excluding hydrogens is 323 g/mol. The van der Waals surface area contributed by atoms with Crippen LogP contribution in [0.2, 0.25) is 0 Å². The Labute approximate surface area is 144 Å². The molecule has 0 saturated heterocycles. The third-order valence-electron chi connectivity index (χ3n) is 3.81. The zero-order valence-corrected chi connectivity index (χ0v) is 14.5. The summed E-state index contributed by atoms with van der Waals surface area (Å²) in [6.45, 7) is 3.24. The molecule has 0 spiro atoms. The molecule has 126 valence electrons. The summed E-state index contributed by atoms with van der Waals surface area (Å²) >= 11 is 0. The Kier molecular flexibility index (Phi) is 10.1. The van der Waals surface area contributed by atoms with Crippen molar-refractivity contribution in [3.05, 3.63) is 23.9 Å². The topological polar surface area (TPSA) is 80.0 Å². The highest BCUT2D eigenvalue weighted by Gasteiger charge is 2.25. The highest BCUT2D eigenvalue weighted by Crippen LogP contribution is 2.26. The van der Waals surface area contributed by atoms with Gasteiger partial charge >= 0.3 is 0 Å². The summed E-state index contributed by atoms with van der Waals surface area (Å²) in [4.78, 5) is 16.1. The van der Waals surface area contributed by atoms with Crippen LogP contribution in [0.3, 0.4) is 0 Å². The lowest BCUT2D eigenvalue weighted by Gasteiger charge is -2.15. The zero-order chi connectivity index (χ0) is 14.4. The minimum absolute atomic E-state index is 0. The molecule has 1 aliphatic carbocycles. The largest absolute Gasteiger partial charge is 0.368 e. The summed E-state index contributed by atoms with van der Waals surface area (Å²) in [7, 11) is 0. The number of pyridine rings is 1. The van der Waals surface area contributed by atoms with Gasteiger partial charge in [-0.3, -0.25) is 4.79 Å². The third-order valence-corrected chi connectivity index (χ3v) is 3.81. The Morgan fingerprint density at radius 3 is 2.73 bits per heavy atom. The van der Waals surface area contributed by atoms with Crippen LogP contribution in [0.5, 0.6) is 0 Å². The molecule has 1 aliphatic rings. The number of nitrogens with two attached hydrogens (primary N) is 1. The summed E-state index contributed by atoms with van der Waals surface area (Å²) in [6.07, 6.45) is 3.85. The number of amides is 1. The van der Waals surface area contributed by atoms with Gasteiger partial charge in [-0.2, -0.15) is 0 Å². The maximum atomic E-state index is 11.8. The number of anilines is 1. The Bertz CT molecular complexity index is 459. The Hall–Kier alpha value is -1.04. The van der Waals surface area contributed by atoms with Gasteiger partial charge in [-0.25, -0.2) is 4.98 Å². The van der Waals surface area contributed by atoms with E-state index >= 15 is 0 Å². The van der Waals surface area contributed by atoms with Crippen molar-refractivity contribution in [3.63, 3.8) is 0 Å². The highest BCUT2D eigenvalue weighted by atomic mass is 35.5. The van der Waals surface area contributed by atoms with Crippen LogP contribution in [-0.2, 0) is 4.79 Å². The van der Waals surface area contributed by atoms with Crippen LogP contribution in [-0.4, -0.2) is 30.0 Å². The first-order chi connectivity index (χ1) is 9.65. The lowest BCUT2D eigenvalue weighted by Crippen LogP contribution is -2.33. The molecule has 22 heavy (non-hydrogen) atoms. The van der Waals surface area contributed by atoms with E-state index in [9.17, 15) is 4.79 Å². The van der Waals surface area contributed by atoms with Gasteiger partial charge in [-0.1, -0.05) is 12.5 Å². The first kappa shape index (κ1) is 21.0. The van der Waals surface area contributed by atoms with Crippen LogP contribution in [0.15, 0.2) is 18.2 Å². The van der Waals surface area contributed by atoms with Gasteiger partial charge in [0.2, 0.25) is 5.91 Å². The van der Waals surface area contributed by atoms with Crippen molar-refractivity contribution in [1.29, 1.82) is 0 Å². The summed E-state index contributed by atoms with van der Waals surface area (Å²) in [5, 5.41) is 6.12. The molecule has 1 aromatic heterocycles. The summed E-state index contributed by atoms with van der Waals surface area (Å²) in [6, 6.07) is 6.05. The molecule has 0 aromatic carbocycles. The minimum Gasteiger partial charge on any atom is -0.368 e. The second-order valence-corrected chi connectivity index (χ2v) is 5.50. The van der Waals surface area contributed by atoms with Crippen LogP contribution in [0.25, 0.3) is 0 Å². The fourth-order valence-electron chi connectivity index (χ4n) is 2.66. The molecule has 4 N–H and O–H groups in total. The predicted octanol–water partition coefficient (Wildman–Crippen LogP) is 2.28. The van der Waals surface area contributed by atoms with Crippen molar-refractivity contribution in [2.75, 3.05) is 18.4 Å². The maximum Gasteiger partial charge on any atom is 0.220 e. The zero-order valence-electron chi connectivity index (χ0n) is 12.9. The molecule has 1 heterocycles. The fraction of sp³-hybridized carbons (Fsp3) is 0.600. The first-order valence-electron chi connectivity index (χ1n) is 7.35. The Balaban J connectivity index is 0.00000220. The van der Waals surface area contributed by atoms with Gasteiger partial charge in [0.1, 0.15) is 5.82 Å². The van der Waals surface area contributed by atoms with Crippen molar-refractivity contribution in [1.82, 2.24) is 10.3 Å². The van der Waals surface area contributed by atoms with Crippen LogP contribution in [0, 0.1) is 12.8 Å². The Morgan fingerprint density at radius 1 is 1.32 bits per heavy atom. The van der Waals surface area contributed by atoms with Crippen molar-refractivity contribution >= 4 is 36.5 Å². The molecule has 1 fully saturated rings. The maximum absolute atomic E-state index is 11.8. The van der Waals surface area contributed by atoms with Crippen LogP contribution < -0.4 is 16.4 Å². The van der Waals surface area contributed by atoms with Crippen molar-refractivity contribution in [2.45, 2.75) is 38.6 Å². The second kappa shape index (κ2) is 10.6. The molecule has 2 atom stereocenters. The number of nitrogens with one attached hydrogen (secondary N) is 2. The van der Waals surface area contributed by atoms with E-state index in [1.807, 2.05) is 25.1 Å². The number of nitrogens with zero attached hydrogens (tertiary/aromatic N) is 1. The van der Waals surface area contributed by atoms with Gasteiger partial charge in [0.15, 0.2) is 0 Å². The van der Waals surface area contributed by atoms with Gasteiger partial charge in [0.05, 0.1) is 0 Å². The SMILES string of the molecule is Cc1cccc(NCCNC(=O)C[C@@H]2CCC[C@H]2N)n1.Cl.Cl. The van der Waals surface area contributed by atoms with E-state index in [1.54, 1.807) is 0 Å². The summed E-state index contributed by atoms with van der Waals surface area (Å²) in [5.41, 5.74) is 6.95. The number of rotatable bonds is 6. The monoisotopic (exact) mass is 348 g/mol. The lowest BCUT2D eigenvalue weighted by molar-refractivity contribution is -0.122. The number of aromatic nitrogens is 1. The number of halogens is 2. The van der Waals surface area contributed by atoms with Crippen LogP contribution in [0.4, 0.5) is 5.82 Å². The number of hydrogen-bond acceptors (Lipinski definition) is 4. The number of aryl methyl sites for hydroxylation is 1. The van der Waals surface area contributed by atoms with E-state index in [0.29, 0.717) is 25.4 Å². The molecule has 1 saturated carbocycles. The third kappa shape index (κ3) is 6.81. The van der Waals surface area contributed by atoms with E-state index < -0.39 is 0 Å². The van der Waals surface area contributed by atoms with Crippen LogP contribution in [0.1, 0.15) is 31.4 Å². The van der Waals surface area contributed by atoms with Gasteiger partial charge in [0, 0.05) is 31.2 Å². The molecule has 0 radical (unpaired) electrons. The summed E-state index contributed by atoms with van der Waals surface area (Å²) in [5.74, 6) is 1.31. The van der Waals surface area contributed by atoms with Gasteiger partial charge in [0.25, 0.3) is 0 Å². The first-order valence-corrected chi connectivity index (χ1v) is 7.35. The minimum atomic E-state index is 0. The van der Waals surface area contributed by atoms with Crippen LogP contribution >= 0.6 is 24.8 Å². The summed E-state index contributed by atoms with van der Waals surface area (Å²) < 4.78 is 0. The average Bonchev–Trinajstić information content (AvgIpc) is 2.80. The molecule has 5 nitrogen and oxygen atoms in total. The van der Waals surface area contributed by atoms with Gasteiger partial charge in [-0.05, 0) is 37.8 Å². The normalized spacial score (nSPS) is 19.7. The molecule has 1 amide bonds. The lowest BCUT2D eigenvalue weighted by atomic mass is 10.00. The number of carbonyl (C=O) groups excluding carboxylic acids is 1. The van der Waals surface area contributed by atoms with Gasteiger partial charge in [-0.15, -0.1) is 24.8 Å². The molecule has 7 heteroatoms. The molecule has 0 unspecified atom stereocenters. The highest BCUT2D eigenvalue weighted by molar-refractivity contribution is 5.85. The van der Waals surface area contributed by atoms with E-state index in [0.717, 1.165) is 30.8 Å². The molecule has 0 aliphatic heterocycles. The number of hydrogen-bond donors (Lipinski definition) is 3. The van der Waals surface area contributed by atoms with E-state index in [1.165, 1.54) is 0 Å². The Morgan fingerprint density at radius 2 is 2.09 bits per heavy atom. The molecule has 2 rings (SSSR count). The smallest absolute Gasteiger partial charge is 0.220 e. The molecule has 1 aromatic rings. The second-order valence-electron chi connectivity index (χ2n) is 5.50.